The van der Waals surface area contributed by atoms with Crippen molar-refractivity contribution in [3.63, 3.8) is 0 Å². The lowest BCUT2D eigenvalue weighted by atomic mass is 9.94. The van der Waals surface area contributed by atoms with Gasteiger partial charge in [-0.2, -0.15) is 0 Å². The standard InChI is InChI=1S/C20H32N2O3/c1-2-3-4-7-12-17(20(24)22-25)13-8-5-11-16-19(23)21-18-14-9-6-10-15-18/h6,9-10,14-15,17,25H,2-5,7-8,11-13,16H2,1H3,(H,21,23)(H,22,24). The maximum absolute atomic E-state index is 11.9. The van der Waals surface area contributed by atoms with E-state index in [2.05, 4.69) is 12.2 Å². The van der Waals surface area contributed by atoms with Crippen molar-refractivity contribution in [2.24, 2.45) is 5.92 Å². The van der Waals surface area contributed by atoms with Crippen LogP contribution in [0.15, 0.2) is 30.3 Å². The first-order valence-corrected chi connectivity index (χ1v) is 9.46. The van der Waals surface area contributed by atoms with E-state index in [0.29, 0.717) is 6.42 Å². The van der Waals surface area contributed by atoms with E-state index in [1.807, 2.05) is 30.3 Å². The van der Waals surface area contributed by atoms with E-state index >= 15 is 0 Å². The number of hydroxylamine groups is 1. The highest BCUT2D eigenvalue weighted by molar-refractivity contribution is 5.90. The number of rotatable bonds is 13. The average molecular weight is 348 g/mol. The van der Waals surface area contributed by atoms with Crippen LogP contribution in [-0.2, 0) is 9.59 Å². The molecule has 1 rings (SSSR count). The highest BCUT2D eigenvalue weighted by Gasteiger charge is 2.17. The van der Waals surface area contributed by atoms with Gasteiger partial charge < -0.3 is 5.32 Å². The third-order valence-electron chi connectivity index (χ3n) is 4.40. The van der Waals surface area contributed by atoms with Crippen LogP contribution in [0.5, 0.6) is 0 Å². The van der Waals surface area contributed by atoms with Crippen LogP contribution in [0.2, 0.25) is 0 Å². The number of benzene rings is 1. The Labute approximate surface area is 151 Å². The van der Waals surface area contributed by atoms with Gasteiger partial charge in [-0.25, -0.2) is 5.48 Å². The molecule has 0 saturated carbocycles. The summed E-state index contributed by atoms with van der Waals surface area (Å²) in [5.74, 6) is -0.381. The van der Waals surface area contributed by atoms with Crippen molar-refractivity contribution in [1.82, 2.24) is 5.48 Å². The maximum atomic E-state index is 11.9. The Morgan fingerprint density at radius 2 is 1.60 bits per heavy atom. The van der Waals surface area contributed by atoms with Gasteiger partial charge in [0, 0.05) is 18.0 Å². The summed E-state index contributed by atoms with van der Waals surface area (Å²) in [6.07, 6.45) is 9.18. The van der Waals surface area contributed by atoms with Crippen molar-refractivity contribution in [1.29, 1.82) is 0 Å². The number of anilines is 1. The van der Waals surface area contributed by atoms with Crippen molar-refractivity contribution in [2.75, 3.05) is 5.32 Å². The second kappa shape index (κ2) is 13.4. The smallest absolute Gasteiger partial charge is 0.246 e. The largest absolute Gasteiger partial charge is 0.326 e. The molecule has 0 spiro atoms. The summed E-state index contributed by atoms with van der Waals surface area (Å²) in [5.41, 5.74) is 2.61. The van der Waals surface area contributed by atoms with Gasteiger partial charge in [0.15, 0.2) is 0 Å². The molecular weight excluding hydrogens is 316 g/mol. The first-order chi connectivity index (χ1) is 12.2. The van der Waals surface area contributed by atoms with E-state index in [1.54, 1.807) is 5.48 Å². The Balaban J connectivity index is 2.17. The van der Waals surface area contributed by atoms with Crippen LogP contribution in [-0.4, -0.2) is 17.0 Å². The lowest BCUT2D eigenvalue weighted by Gasteiger charge is -2.14. The predicted octanol–water partition coefficient (Wildman–Crippen LogP) is 4.67. The molecule has 1 aromatic carbocycles. The monoisotopic (exact) mass is 348 g/mol. The van der Waals surface area contributed by atoms with E-state index in [-0.39, 0.29) is 17.7 Å². The lowest BCUT2D eigenvalue weighted by molar-refractivity contribution is -0.134. The number of nitrogens with one attached hydrogen (secondary N) is 2. The van der Waals surface area contributed by atoms with E-state index in [1.165, 1.54) is 12.8 Å². The fourth-order valence-corrected chi connectivity index (χ4v) is 2.91. The highest BCUT2D eigenvalue weighted by atomic mass is 16.5. The molecule has 0 aliphatic rings. The lowest BCUT2D eigenvalue weighted by Crippen LogP contribution is -2.27. The Morgan fingerprint density at radius 1 is 0.960 bits per heavy atom. The number of hydrogen-bond acceptors (Lipinski definition) is 3. The van der Waals surface area contributed by atoms with E-state index < -0.39 is 0 Å². The molecule has 0 heterocycles. The molecule has 0 fully saturated rings. The molecule has 1 aromatic rings. The van der Waals surface area contributed by atoms with Crippen molar-refractivity contribution in [3.8, 4) is 0 Å². The van der Waals surface area contributed by atoms with Gasteiger partial charge in [0.25, 0.3) is 0 Å². The van der Waals surface area contributed by atoms with Gasteiger partial charge in [0.1, 0.15) is 0 Å². The minimum absolute atomic E-state index is 0.0235. The number of carbonyl (C=O) groups is 2. The zero-order chi connectivity index (χ0) is 18.3. The molecule has 5 nitrogen and oxygen atoms in total. The third kappa shape index (κ3) is 9.87. The van der Waals surface area contributed by atoms with Gasteiger partial charge in [0.05, 0.1) is 0 Å². The number of carbonyl (C=O) groups excluding carboxylic acids is 2. The Bertz CT molecular complexity index is 491. The molecule has 1 unspecified atom stereocenters. The quantitative estimate of drug-likeness (QED) is 0.275. The number of amides is 2. The zero-order valence-electron chi connectivity index (χ0n) is 15.3. The zero-order valence-corrected chi connectivity index (χ0v) is 15.3. The second-order valence-corrected chi connectivity index (χ2v) is 6.54. The van der Waals surface area contributed by atoms with Crippen molar-refractivity contribution in [3.05, 3.63) is 30.3 Å². The Hall–Kier alpha value is -1.88. The average Bonchev–Trinajstić information content (AvgIpc) is 2.63. The van der Waals surface area contributed by atoms with Gasteiger partial charge in [0.2, 0.25) is 11.8 Å². The first kappa shape index (κ1) is 21.2. The summed E-state index contributed by atoms with van der Waals surface area (Å²) >= 11 is 0. The van der Waals surface area contributed by atoms with Gasteiger partial charge in [-0.15, -0.1) is 0 Å². The molecule has 3 N–H and O–H groups in total. The predicted molar refractivity (Wildman–Crippen MR) is 100 cm³/mol. The number of para-hydroxylation sites is 1. The van der Waals surface area contributed by atoms with E-state index in [4.69, 9.17) is 5.21 Å². The first-order valence-electron chi connectivity index (χ1n) is 9.46. The van der Waals surface area contributed by atoms with E-state index in [9.17, 15) is 9.59 Å². The molecule has 2 amide bonds. The summed E-state index contributed by atoms with van der Waals surface area (Å²) < 4.78 is 0. The van der Waals surface area contributed by atoms with Crippen molar-refractivity contribution in [2.45, 2.75) is 71.1 Å². The minimum atomic E-state index is -0.279. The molecule has 0 saturated heterocycles. The fraction of sp³-hybridized carbons (Fsp3) is 0.600. The summed E-state index contributed by atoms with van der Waals surface area (Å²) in [5, 5.41) is 11.7. The van der Waals surface area contributed by atoms with Crippen LogP contribution in [0.4, 0.5) is 5.69 Å². The van der Waals surface area contributed by atoms with Crippen LogP contribution >= 0.6 is 0 Å². The number of unbranched alkanes of at least 4 members (excludes halogenated alkanes) is 5. The van der Waals surface area contributed by atoms with Crippen LogP contribution in [0, 0.1) is 5.92 Å². The minimum Gasteiger partial charge on any atom is -0.326 e. The summed E-state index contributed by atoms with van der Waals surface area (Å²) in [7, 11) is 0. The Morgan fingerprint density at radius 3 is 2.20 bits per heavy atom. The molecule has 1 atom stereocenters. The molecule has 0 radical (unpaired) electrons. The Kier molecular flexibility index (Phi) is 11.4. The molecule has 25 heavy (non-hydrogen) atoms. The van der Waals surface area contributed by atoms with Gasteiger partial charge in [-0.3, -0.25) is 14.8 Å². The third-order valence-corrected chi connectivity index (χ3v) is 4.40. The topological polar surface area (TPSA) is 78.4 Å². The normalized spacial score (nSPS) is 11.8. The van der Waals surface area contributed by atoms with Crippen molar-refractivity contribution >= 4 is 17.5 Å². The SMILES string of the molecule is CCCCCCC(CCCCCC(=O)Nc1ccccc1)C(=O)NO. The summed E-state index contributed by atoms with van der Waals surface area (Å²) in [6, 6.07) is 9.44. The maximum Gasteiger partial charge on any atom is 0.246 e. The van der Waals surface area contributed by atoms with Crippen LogP contribution in [0.25, 0.3) is 0 Å². The molecular formula is C20H32N2O3. The van der Waals surface area contributed by atoms with Crippen LogP contribution in [0.3, 0.4) is 0 Å². The molecule has 0 bridgehead atoms. The fourth-order valence-electron chi connectivity index (χ4n) is 2.91. The molecule has 0 aliphatic heterocycles. The van der Waals surface area contributed by atoms with Gasteiger partial charge in [-0.05, 0) is 31.4 Å². The summed E-state index contributed by atoms with van der Waals surface area (Å²) in [6.45, 7) is 2.16. The van der Waals surface area contributed by atoms with Gasteiger partial charge >= 0.3 is 0 Å². The molecule has 0 aromatic heterocycles. The van der Waals surface area contributed by atoms with Crippen LogP contribution in [0.1, 0.15) is 71.1 Å². The second-order valence-electron chi connectivity index (χ2n) is 6.54. The number of hydrogen-bond donors (Lipinski definition) is 3. The molecule has 140 valence electrons. The molecule has 5 heteroatoms. The van der Waals surface area contributed by atoms with Crippen LogP contribution < -0.4 is 10.8 Å². The molecule has 0 aliphatic carbocycles. The van der Waals surface area contributed by atoms with Gasteiger partial charge in [-0.1, -0.05) is 63.6 Å². The summed E-state index contributed by atoms with van der Waals surface area (Å²) in [4.78, 5) is 23.6. The van der Waals surface area contributed by atoms with E-state index in [0.717, 1.165) is 50.6 Å². The highest BCUT2D eigenvalue weighted by Crippen LogP contribution is 2.19. The van der Waals surface area contributed by atoms with Crippen molar-refractivity contribution < 1.29 is 14.8 Å².